The molecule has 0 fully saturated rings. The number of benzene rings is 9. The molecule has 74 heavy (non-hydrogen) atoms. The molecule has 0 unspecified atom stereocenters. The van der Waals surface area contributed by atoms with E-state index < -0.39 is 0 Å². The molecule has 0 N–H and O–H groups in total. The highest BCUT2D eigenvalue weighted by atomic mass is 15.0. The number of hydrogen-bond donors (Lipinski definition) is 0. The summed E-state index contributed by atoms with van der Waals surface area (Å²) >= 11 is 0. The van der Waals surface area contributed by atoms with Crippen LogP contribution in [0.3, 0.4) is 0 Å². The van der Waals surface area contributed by atoms with E-state index in [1.165, 1.54) is 66.8 Å². The molecule has 0 radical (unpaired) electrons. The Morgan fingerprint density at radius 3 is 1.07 bits per heavy atom. The van der Waals surface area contributed by atoms with Crippen molar-refractivity contribution in [2.75, 3.05) is 0 Å². The molecule has 3 aromatic heterocycles. The van der Waals surface area contributed by atoms with Crippen molar-refractivity contribution >= 4 is 21.8 Å². The molecular weight excluding hydrogens is 899 g/mol. The third-order valence-electron chi connectivity index (χ3n) is 15.9. The van der Waals surface area contributed by atoms with Crippen molar-refractivity contribution in [3.63, 3.8) is 0 Å². The van der Waals surface area contributed by atoms with E-state index in [0.29, 0.717) is 17.5 Å². The van der Waals surface area contributed by atoms with Crippen molar-refractivity contribution in [3.8, 4) is 101 Å². The minimum absolute atomic E-state index is 0.0402. The number of para-hydroxylation sites is 2. The van der Waals surface area contributed by atoms with Crippen LogP contribution in [-0.4, -0.2) is 24.9 Å². The molecule has 0 spiro atoms. The molecule has 0 saturated heterocycles. The average Bonchev–Trinajstić information content (AvgIpc) is 3.87. The van der Waals surface area contributed by atoms with Crippen LogP contribution in [0.25, 0.3) is 123 Å². The third-order valence-corrected chi connectivity index (χ3v) is 15.9. The Kier molecular flexibility index (Phi) is 9.83. The van der Waals surface area contributed by atoms with Crippen molar-refractivity contribution < 1.29 is 0 Å². The van der Waals surface area contributed by atoms with Gasteiger partial charge in [0.05, 0.1) is 11.0 Å². The lowest BCUT2D eigenvalue weighted by Gasteiger charge is -2.21. The third kappa shape index (κ3) is 7.03. The molecule has 5 nitrogen and oxygen atoms in total. The van der Waals surface area contributed by atoms with Crippen LogP contribution >= 0.6 is 0 Å². The largest absolute Gasteiger partial charge is 0.256 e. The number of rotatable bonds is 7. The number of hydrogen-bond acceptors (Lipinski definition) is 5. The van der Waals surface area contributed by atoms with Crippen molar-refractivity contribution in [1.29, 1.82) is 0 Å². The molecule has 2 aliphatic rings. The van der Waals surface area contributed by atoms with E-state index in [1.807, 2.05) is 60.9 Å². The molecule has 0 atom stereocenters. The second-order valence-electron chi connectivity index (χ2n) is 20.9. The highest BCUT2D eigenvalue weighted by molar-refractivity contribution is 5.96. The molecule has 0 amide bonds. The number of aromatic nitrogens is 5. The predicted molar refractivity (Wildman–Crippen MR) is 304 cm³/mol. The maximum Gasteiger partial charge on any atom is 0.164 e. The maximum absolute atomic E-state index is 5.35. The van der Waals surface area contributed by atoms with Gasteiger partial charge in [0.15, 0.2) is 17.5 Å². The first-order chi connectivity index (χ1) is 36.2. The van der Waals surface area contributed by atoms with Gasteiger partial charge in [-0.25, -0.2) is 15.0 Å². The summed E-state index contributed by atoms with van der Waals surface area (Å²) in [6.07, 6.45) is 3.67. The van der Waals surface area contributed by atoms with Gasteiger partial charge in [0, 0.05) is 50.7 Å². The topological polar surface area (TPSA) is 64.5 Å². The first-order valence-corrected chi connectivity index (χ1v) is 25.5. The van der Waals surface area contributed by atoms with Crippen molar-refractivity contribution in [2.24, 2.45) is 0 Å². The summed E-state index contributed by atoms with van der Waals surface area (Å²) in [5.41, 5.74) is 24.2. The van der Waals surface area contributed by atoms with Crippen LogP contribution in [0.4, 0.5) is 0 Å². The first-order valence-electron chi connectivity index (χ1n) is 25.5. The van der Waals surface area contributed by atoms with Gasteiger partial charge in [0.2, 0.25) is 0 Å². The van der Waals surface area contributed by atoms with E-state index in [1.54, 1.807) is 0 Å². The van der Waals surface area contributed by atoms with Gasteiger partial charge in [-0.1, -0.05) is 185 Å². The van der Waals surface area contributed by atoms with E-state index in [0.717, 1.165) is 60.8 Å². The lowest BCUT2D eigenvalue weighted by atomic mass is 9.82. The standard InChI is InChI=1S/C69H49N5/c1-68(2)59-17-9-5-13-51(59)57-40-46(29-31-61(57)68)42-21-25-44(26-22-42)48-37-49(45-27-23-43(24-28-45)47-30-32-62-58(41-47)52-14-6-10-18-60(52)69(62,3)4)39-50(38-48)65-72-66(55-33-35-70-63-19-11-7-15-53(55)63)74-67(73-65)56-34-36-71-64-20-12-8-16-54(56)64/h5-41H,1-4H3. The quantitative estimate of drug-likeness (QED) is 0.159. The molecular formula is C69H49N5. The zero-order chi connectivity index (χ0) is 49.7. The van der Waals surface area contributed by atoms with Gasteiger partial charge < -0.3 is 0 Å². The van der Waals surface area contributed by atoms with Crippen LogP contribution < -0.4 is 0 Å². The fraction of sp³-hybridized carbons (Fsp3) is 0.0870. The zero-order valence-corrected chi connectivity index (χ0v) is 41.6. The van der Waals surface area contributed by atoms with Crippen LogP contribution in [0, 0.1) is 0 Å². The van der Waals surface area contributed by atoms with Gasteiger partial charge in [-0.15, -0.1) is 0 Å². The van der Waals surface area contributed by atoms with Gasteiger partial charge >= 0.3 is 0 Å². The van der Waals surface area contributed by atoms with E-state index in [-0.39, 0.29) is 10.8 Å². The number of fused-ring (bicyclic) bond motifs is 8. The van der Waals surface area contributed by atoms with Crippen molar-refractivity contribution in [3.05, 3.63) is 247 Å². The smallest absolute Gasteiger partial charge is 0.164 e. The normalized spacial score (nSPS) is 13.6. The lowest BCUT2D eigenvalue weighted by Crippen LogP contribution is -2.14. The van der Waals surface area contributed by atoms with Crippen molar-refractivity contribution in [1.82, 2.24) is 24.9 Å². The van der Waals surface area contributed by atoms with Crippen LogP contribution in [0.1, 0.15) is 49.9 Å². The van der Waals surface area contributed by atoms with Crippen LogP contribution in [0.5, 0.6) is 0 Å². The molecule has 0 bridgehead atoms. The predicted octanol–water partition coefficient (Wildman–Crippen LogP) is 17.2. The van der Waals surface area contributed by atoms with Gasteiger partial charge in [-0.2, -0.15) is 0 Å². The molecule has 2 aliphatic carbocycles. The molecule has 0 saturated carbocycles. The van der Waals surface area contributed by atoms with Crippen LogP contribution in [0.2, 0.25) is 0 Å². The van der Waals surface area contributed by atoms with E-state index in [4.69, 9.17) is 24.9 Å². The lowest BCUT2D eigenvalue weighted by molar-refractivity contribution is 0.660. The molecule has 9 aromatic carbocycles. The average molecular weight is 948 g/mol. The van der Waals surface area contributed by atoms with Gasteiger partial charge in [0.25, 0.3) is 0 Å². The Balaban J connectivity index is 0.912. The Morgan fingerprint density at radius 1 is 0.257 bits per heavy atom. The monoisotopic (exact) mass is 947 g/mol. The summed E-state index contributed by atoms with van der Waals surface area (Å²) in [5.74, 6) is 1.72. The summed E-state index contributed by atoms with van der Waals surface area (Å²) in [6.45, 7) is 9.32. The fourth-order valence-electron chi connectivity index (χ4n) is 11.9. The Labute approximate surface area is 431 Å². The Hall–Kier alpha value is -9.19. The number of nitrogens with zero attached hydrogens (tertiary/aromatic N) is 5. The minimum Gasteiger partial charge on any atom is -0.256 e. The van der Waals surface area contributed by atoms with E-state index in [9.17, 15) is 0 Å². The molecule has 5 heteroatoms. The summed E-state index contributed by atoms with van der Waals surface area (Å²) in [4.78, 5) is 25.3. The van der Waals surface area contributed by atoms with Crippen LogP contribution in [-0.2, 0) is 10.8 Å². The zero-order valence-electron chi connectivity index (χ0n) is 41.6. The molecule has 0 aliphatic heterocycles. The Morgan fingerprint density at radius 2 is 0.608 bits per heavy atom. The van der Waals surface area contributed by atoms with Gasteiger partial charge in [-0.3, -0.25) is 9.97 Å². The second kappa shape index (κ2) is 16.7. The Bertz CT molecular complexity index is 3970. The summed E-state index contributed by atoms with van der Waals surface area (Å²) in [7, 11) is 0. The van der Waals surface area contributed by atoms with E-state index in [2.05, 4.69) is 191 Å². The minimum atomic E-state index is -0.0402. The summed E-state index contributed by atoms with van der Waals surface area (Å²) < 4.78 is 0. The summed E-state index contributed by atoms with van der Waals surface area (Å²) in [5, 5.41) is 1.94. The van der Waals surface area contributed by atoms with Crippen molar-refractivity contribution in [2.45, 2.75) is 38.5 Å². The second-order valence-corrected chi connectivity index (χ2v) is 20.9. The van der Waals surface area contributed by atoms with Gasteiger partial charge in [-0.05, 0) is 144 Å². The van der Waals surface area contributed by atoms with E-state index >= 15 is 0 Å². The molecule has 3 heterocycles. The fourth-order valence-corrected chi connectivity index (χ4v) is 11.9. The molecule has 12 aromatic rings. The molecule has 14 rings (SSSR count). The molecule has 350 valence electrons. The first kappa shape index (κ1) is 43.6. The summed E-state index contributed by atoms with van der Waals surface area (Å²) in [6, 6.07) is 76.7. The maximum atomic E-state index is 5.35. The highest BCUT2D eigenvalue weighted by Gasteiger charge is 2.36. The SMILES string of the molecule is CC1(C)c2ccccc2-c2cc(-c3ccc(-c4cc(-c5ccc(-c6ccc7c(c6)-c6ccccc6C7(C)C)cc5)cc(-c5nc(-c6ccnc7ccccc67)nc(-c6ccnc7ccccc67)n5)c4)cc3)ccc21. The van der Waals surface area contributed by atoms with Gasteiger partial charge in [0.1, 0.15) is 0 Å². The number of pyridine rings is 2. The highest BCUT2D eigenvalue weighted by Crippen LogP contribution is 2.51. The van der Waals surface area contributed by atoms with Crippen LogP contribution in [0.15, 0.2) is 225 Å².